The predicted molar refractivity (Wildman–Crippen MR) is 78.8 cm³/mol. The molecule has 0 spiro atoms. The Bertz CT molecular complexity index is 589. The summed E-state index contributed by atoms with van der Waals surface area (Å²) < 4.78 is 38.4. The molecule has 1 aromatic heterocycles. The van der Waals surface area contributed by atoms with Crippen molar-refractivity contribution in [2.75, 3.05) is 0 Å². The second-order valence-corrected chi connectivity index (χ2v) is 6.72. The Balaban J connectivity index is 2.12. The summed E-state index contributed by atoms with van der Waals surface area (Å²) in [7, 11) is 0. The zero-order valence-electron chi connectivity index (χ0n) is 10.7. The van der Waals surface area contributed by atoms with Crippen LogP contribution < -0.4 is 5.73 Å². The molecule has 0 aliphatic heterocycles. The molecule has 0 aliphatic rings. The van der Waals surface area contributed by atoms with Crippen LogP contribution in [-0.2, 0) is 12.6 Å². The van der Waals surface area contributed by atoms with E-state index in [0.717, 1.165) is 31.9 Å². The number of halogens is 4. The van der Waals surface area contributed by atoms with Crippen LogP contribution in [0.4, 0.5) is 13.2 Å². The lowest BCUT2D eigenvalue weighted by molar-refractivity contribution is -0.137. The second-order valence-electron chi connectivity index (χ2n) is 4.57. The van der Waals surface area contributed by atoms with Crippen LogP contribution in [0.15, 0.2) is 34.8 Å². The summed E-state index contributed by atoms with van der Waals surface area (Å²) >= 11 is 5.05. The number of alkyl halides is 3. The molecule has 0 amide bonds. The Labute approximate surface area is 127 Å². The smallest absolute Gasteiger partial charge is 0.323 e. The number of benzene rings is 1. The van der Waals surface area contributed by atoms with Gasteiger partial charge in [0.2, 0.25) is 0 Å². The number of thiophene rings is 1. The van der Waals surface area contributed by atoms with E-state index < -0.39 is 11.7 Å². The van der Waals surface area contributed by atoms with E-state index in [4.69, 9.17) is 5.73 Å². The normalized spacial score (nSPS) is 13.5. The molecule has 2 aromatic rings. The maximum atomic E-state index is 12.5. The third-order valence-corrected chi connectivity index (χ3v) is 5.01. The maximum absolute atomic E-state index is 12.5. The molecule has 0 radical (unpaired) electrons. The third kappa shape index (κ3) is 3.62. The topological polar surface area (TPSA) is 26.0 Å². The van der Waals surface area contributed by atoms with Crippen molar-refractivity contribution in [2.45, 2.75) is 25.6 Å². The minimum absolute atomic E-state index is 0.222. The van der Waals surface area contributed by atoms with Gasteiger partial charge in [-0.05, 0) is 53.0 Å². The standard InChI is InChI=1S/C14H13BrF3NS/c1-8-6-11(15)13(20-8)12(19)7-9-2-4-10(5-3-9)14(16,17)18/h2-6,12H,7,19H2,1H3. The van der Waals surface area contributed by atoms with Gasteiger partial charge in [0.15, 0.2) is 0 Å². The van der Waals surface area contributed by atoms with Crippen LogP contribution in [0.2, 0.25) is 0 Å². The van der Waals surface area contributed by atoms with Gasteiger partial charge in [-0.3, -0.25) is 0 Å². The molecule has 0 saturated heterocycles. The fourth-order valence-corrected chi connectivity index (χ4v) is 3.88. The highest BCUT2D eigenvalue weighted by Gasteiger charge is 2.30. The number of nitrogens with two attached hydrogens (primary N) is 1. The highest BCUT2D eigenvalue weighted by molar-refractivity contribution is 9.10. The minimum Gasteiger partial charge on any atom is -0.323 e. The largest absolute Gasteiger partial charge is 0.416 e. The second kappa shape index (κ2) is 5.87. The van der Waals surface area contributed by atoms with Crippen molar-refractivity contribution in [3.05, 3.63) is 55.7 Å². The average Bonchev–Trinajstić information content (AvgIpc) is 2.68. The summed E-state index contributed by atoms with van der Waals surface area (Å²) in [5, 5.41) is 0. The highest BCUT2D eigenvalue weighted by Crippen LogP contribution is 2.33. The van der Waals surface area contributed by atoms with Gasteiger partial charge >= 0.3 is 6.18 Å². The zero-order chi connectivity index (χ0) is 14.9. The molecule has 1 unspecified atom stereocenters. The lowest BCUT2D eigenvalue weighted by Gasteiger charge is -2.12. The van der Waals surface area contributed by atoms with Crippen LogP contribution in [0.25, 0.3) is 0 Å². The van der Waals surface area contributed by atoms with E-state index in [1.807, 2.05) is 13.0 Å². The van der Waals surface area contributed by atoms with Crippen molar-refractivity contribution in [1.29, 1.82) is 0 Å². The van der Waals surface area contributed by atoms with E-state index in [0.29, 0.717) is 6.42 Å². The number of hydrogen-bond donors (Lipinski definition) is 1. The Morgan fingerprint density at radius 3 is 2.30 bits per heavy atom. The van der Waals surface area contributed by atoms with Gasteiger partial charge in [-0.25, -0.2) is 0 Å². The zero-order valence-corrected chi connectivity index (χ0v) is 13.1. The van der Waals surface area contributed by atoms with Gasteiger partial charge in [0.1, 0.15) is 0 Å². The van der Waals surface area contributed by atoms with E-state index in [9.17, 15) is 13.2 Å². The Morgan fingerprint density at radius 2 is 1.85 bits per heavy atom. The molecule has 0 saturated carbocycles. The van der Waals surface area contributed by atoms with Crippen molar-refractivity contribution < 1.29 is 13.2 Å². The Morgan fingerprint density at radius 1 is 1.25 bits per heavy atom. The van der Waals surface area contributed by atoms with Gasteiger partial charge in [-0.2, -0.15) is 13.2 Å². The summed E-state index contributed by atoms with van der Waals surface area (Å²) in [6.45, 7) is 1.99. The van der Waals surface area contributed by atoms with Crippen LogP contribution in [0.5, 0.6) is 0 Å². The first-order valence-corrected chi connectivity index (χ1v) is 7.56. The Hall–Kier alpha value is -0.850. The molecule has 20 heavy (non-hydrogen) atoms. The predicted octanol–water partition coefficient (Wildman–Crippen LogP) is 5.08. The van der Waals surface area contributed by atoms with Gasteiger partial charge in [0, 0.05) is 20.3 Å². The van der Waals surface area contributed by atoms with Crippen molar-refractivity contribution in [3.63, 3.8) is 0 Å². The minimum atomic E-state index is -4.30. The van der Waals surface area contributed by atoms with E-state index in [2.05, 4.69) is 15.9 Å². The SMILES string of the molecule is Cc1cc(Br)c(C(N)Cc2ccc(C(F)(F)F)cc2)s1. The molecule has 1 atom stereocenters. The van der Waals surface area contributed by atoms with E-state index >= 15 is 0 Å². The number of rotatable bonds is 3. The molecule has 0 aliphatic carbocycles. The summed E-state index contributed by atoms with van der Waals surface area (Å²) in [5.74, 6) is 0. The maximum Gasteiger partial charge on any atom is 0.416 e. The fraction of sp³-hybridized carbons (Fsp3) is 0.286. The van der Waals surface area contributed by atoms with Crippen molar-refractivity contribution >= 4 is 27.3 Å². The van der Waals surface area contributed by atoms with Gasteiger partial charge in [0.05, 0.1) is 5.56 Å². The first-order valence-electron chi connectivity index (χ1n) is 5.95. The van der Waals surface area contributed by atoms with Crippen LogP contribution in [0, 0.1) is 6.92 Å². The van der Waals surface area contributed by atoms with Crippen molar-refractivity contribution in [1.82, 2.24) is 0 Å². The van der Waals surface area contributed by atoms with Gasteiger partial charge in [0.25, 0.3) is 0 Å². The molecule has 1 aromatic carbocycles. The third-order valence-electron chi connectivity index (χ3n) is 2.91. The van der Waals surface area contributed by atoms with Crippen LogP contribution in [-0.4, -0.2) is 0 Å². The van der Waals surface area contributed by atoms with Crippen LogP contribution in [0.1, 0.15) is 26.9 Å². The van der Waals surface area contributed by atoms with Crippen LogP contribution >= 0.6 is 27.3 Å². The quantitative estimate of drug-likeness (QED) is 0.808. The first-order chi connectivity index (χ1) is 9.27. The first kappa shape index (κ1) is 15.5. The molecule has 2 N–H and O–H groups in total. The van der Waals surface area contributed by atoms with Crippen LogP contribution in [0.3, 0.4) is 0 Å². The molecule has 1 nitrogen and oxygen atoms in total. The summed E-state index contributed by atoms with van der Waals surface area (Å²) in [6.07, 6.45) is -3.79. The lowest BCUT2D eigenvalue weighted by atomic mass is 10.0. The van der Waals surface area contributed by atoms with E-state index in [1.54, 1.807) is 11.3 Å². The fourth-order valence-electron chi connectivity index (χ4n) is 1.93. The molecule has 0 fully saturated rings. The summed E-state index contributed by atoms with van der Waals surface area (Å²) in [6, 6.07) is 6.92. The number of hydrogen-bond acceptors (Lipinski definition) is 2. The van der Waals surface area contributed by atoms with Gasteiger partial charge in [-0.15, -0.1) is 11.3 Å². The summed E-state index contributed by atoms with van der Waals surface area (Å²) in [5.41, 5.74) is 6.28. The molecular formula is C14H13BrF3NS. The van der Waals surface area contributed by atoms with Crippen molar-refractivity contribution in [3.8, 4) is 0 Å². The molecule has 108 valence electrons. The molecule has 2 rings (SSSR count). The van der Waals surface area contributed by atoms with E-state index in [-0.39, 0.29) is 6.04 Å². The molecule has 6 heteroatoms. The molecule has 0 bridgehead atoms. The Kier molecular flexibility index (Phi) is 4.56. The van der Waals surface area contributed by atoms with Gasteiger partial charge in [-0.1, -0.05) is 12.1 Å². The highest BCUT2D eigenvalue weighted by atomic mass is 79.9. The van der Waals surface area contributed by atoms with Crippen molar-refractivity contribution in [2.24, 2.45) is 5.73 Å². The lowest BCUT2D eigenvalue weighted by Crippen LogP contribution is -2.12. The number of aryl methyl sites for hydroxylation is 1. The molecule has 1 heterocycles. The average molecular weight is 364 g/mol. The molecular weight excluding hydrogens is 351 g/mol. The van der Waals surface area contributed by atoms with Gasteiger partial charge < -0.3 is 5.73 Å². The summed E-state index contributed by atoms with van der Waals surface area (Å²) in [4.78, 5) is 2.16. The monoisotopic (exact) mass is 363 g/mol. The van der Waals surface area contributed by atoms with E-state index in [1.165, 1.54) is 12.1 Å².